The van der Waals surface area contributed by atoms with Gasteiger partial charge in [-0.1, -0.05) is 0 Å². The molecule has 0 bridgehead atoms. The number of ketones is 1. The van der Waals surface area contributed by atoms with Crippen molar-refractivity contribution < 1.29 is 14.3 Å². The van der Waals surface area contributed by atoms with Crippen molar-refractivity contribution in [3.63, 3.8) is 0 Å². The number of hydrogen-bond donors (Lipinski definition) is 0. The quantitative estimate of drug-likeness (QED) is 0.469. The van der Waals surface area contributed by atoms with Gasteiger partial charge in [0.15, 0.2) is 0 Å². The van der Waals surface area contributed by atoms with Gasteiger partial charge in [0.2, 0.25) is 0 Å². The Balaban J connectivity index is 3.27. The maximum absolute atomic E-state index is 10.6. The minimum absolute atomic E-state index is 0.0289. The summed E-state index contributed by atoms with van der Waals surface area (Å²) in [6.07, 6.45) is 1.18. The van der Waals surface area contributed by atoms with Crippen LogP contribution in [0.15, 0.2) is 0 Å². The fraction of sp³-hybridized carbons (Fsp3) is 0.714. The molecule has 0 unspecified atom stereocenters. The second-order valence-corrected chi connectivity index (χ2v) is 2.37. The average Bonchev–Trinajstić information content (AvgIpc) is 2.04. The number of carbonyl (C=O) groups excluding carboxylic acids is 2. The first kappa shape index (κ1) is 10.4. The molecular formula is C7H11ClO3. The number of rotatable bonds is 5. The normalized spacial score (nSPS) is 9.27. The van der Waals surface area contributed by atoms with Crippen molar-refractivity contribution in [2.75, 3.05) is 13.0 Å². The predicted octanol–water partition coefficient (Wildman–Crippen LogP) is 1.14. The minimum atomic E-state index is -0.285. The molecule has 0 fully saturated rings. The number of ether oxygens (including phenoxy) is 1. The van der Waals surface area contributed by atoms with Gasteiger partial charge in [-0.2, -0.15) is 0 Å². The lowest BCUT2D eigenvalue weighted by atomic mass is 10.2. The molecule has 0 aliphatic rings. The van der Waals surface area contributed by atoms with Crippen LogP contribution in [0.25, 0.3) is 0 Å². The largest absolute Gasteiger partial charge is 0.469 e. The molecule has 0 N–H and O–H groups in total. The number of carbonyl (C=O) groups is 2. The number of hydrogen-bond acceptors (Lipinski definition) is 3. The maximum Gasteiger partial charge on any atom is 0.305 e. The number of alkyl halides is 1. The Labute approximate surface area is 70.7 Å². The standard InChI is InChI=1S/C7H11ClO3/c1-11-7(10)4-2-3-6(9)5-8/h2-5H2,1H3. The lowest BCUT2D eigenvalue weighted by molar-refractivity contribution is -0.140. The van der Waals surface area contributed by atoms with E-state index in [0.29, 0.717) is 19.3 Å². The third-order valence-electron chi connectivity index (χ3n) is 1.21. The molecule has 0 radical (unpaired) electrons. The molecule has 0 aromatic heterocycles. The number of halogens is 1. The first-order valence-electron chi connectivity index (χ1n) is 3.35. The van der Waals surface area contributed by atoms with Gasteiger partial charge >= 0.3 is 5.97 Å². The van der Waals surface area contributed by atoms with Crippen LogP contribution in [0, 0.1) is 0 Å². The Kier molecular flexibility index (Phi) is 5.84. The van der Waals surface area contributed by atoms with Crippen LogP contribution in [-0.4, -0.2) is 24.7 Å². The summed E-state index contributed by atoms with van der Waals surface area (Å²) in [5.41, 5.74) is 0. The summed E-state index contributed by atoms with van der Waals surface area (Å²) >= 11 is 5.24. The van der Waals surface area contributed by atoms with E-state index in [2.05, 4.69) is 4.74 Å². The molecule has 0 saturated carbocycles. The van der Waals surface area contributed by atoms with E-state index in [1.807, 2.05) is 0 Å². The molecule has 0 aliphatic heterocycles. The zero-order valence-electron chi connectivity index (χ0n) is 6.43. The zero-order chi connectivity index (χ0) is 8.69. The SMILES string of the molecule is COC(=O)CCCC(=O)CCl. The van der Waals surface area contributed by atoms with Gasteiger partial charge in [-0.3, -0.25) is 9.59 Å². The van der Waals surface area contributed by atoms with Gasteiger partial charge in [0.1, 0.15) is 5.78 Å². The monoisotopic (exact) mass is 178 g/mol. The van der Waals surface area contributed by atoms with Gasteiger partial charge in [-0.25, -0.2) is 0 Å². The fourth-order valence-corrected chi connectivity index (χ4v) is 0.732. The molecule has 3 nitrogen and oxygen atoms in total. The Hall–Kier alpha value is -0.570. The molecule has 0 aromatic rings. The Morgan fingerprint density at radius 3 is 2.45 bits per heavy atom. The van der Waals surface area contributed by atoms with Crippen LogP contribution in [0.3, 0.4) is 0 Å². The van der Waals surface area contributed by atoms with Gasteiger partial charge in [-0.05, 0) is 6.42 Å². The Morgan fingerprint density at radius 1 is 1.36 bits per heavy atom. The molecule has 0 spiro atoms. The Morgan fingerprint density at radius 2 is 2.00 bits per heavy atom. The number of Topliss-reactive ketones (excluding diaryl/α,β-unsaturated/α-hetero) is 1. The summed E-state index contributed by atoms with van der Waals surface area (Å²) < 4.78 is 4.38. The fourth-order valence-electron chi connectivity index (χ4n) is 0.599. The smallest absolute Gasteiger partial charge is 0.305 e. The van der Waals surface area contributed by atoms with E-state index in [1.165, 1.54) is 7.11 Å². The molecule has 0 aliphatic carbocycles. The summed E-state index contributed by atoms with van der Waals surface area (Å²) in [5.74, 6) is -0.288. The van der Waals surface area contributed by atoms with Crippen LogP contribution in [0.5, 0.6) is 0 Å². The molecule has 11 heavy (non-hydrogen) atoms. The van der Waals surface area contributed by atoms with Crippen LogP contribution in [-0.2, 0) is 14.3 Å². The van der Waals surface area contributed by atoms with E-state index < -0.39 is 0 Å². The highest BCUT2D eigenvalue weighted by Gasteiger charge is 2.03. The molecule has 0 saturated heterocycles. The summed E-state index contributed by atoms with van der Waals surface area (Å²) in [6, 6.07) is 0. The summed E-state index contributed by atoms with van der Waals surface area (Å²) in [6.45, 7) is 0. The van der Waals surface area contributed by atoms with Gasteiger partial charge in [0.25, 0.3) is 0 Å². The van der Waals surface area contributed by atoms with Crippen molar-refractivity contribution >= 4 is 23.4 Å². The van der Waals surface area contributed by atoms with Crippen LogP contribution in [0.1, 0.15) is 19.3 Å². The minimum Gasteiger partial charge on any atom is -0.469 e. The van der Waals surface area contributed by atoms with E-state index in [9.17, 15) is 9.59 Å². The van der Waals surface area contributed by atoms with Gasteiger partial charge in [0, 0.05) is 12.8 Å². The van der Waals surface area contributed by atoms with Gasteiger partial charge < -0.3 is 4.74 Å². The second kappa shape index (κ2) is 6.16. The topological polar surface area (TPSA) is 43.4 Å². The molecule has 0 heterocycles. The molecule has 0 amide bonds. The maximum atomic E-state index is 10.6. The molecular weight excluding hydrogens is 168 g/mol. The third-order valence-corrected chi connectivity index (χ3v) is 1.51. The van der Waals surface area contributed by atoms with Crippen LogP contribution < -0.4 is 0 Å². The van der Waals surface area contributed by atoms with Crippen molar-refractivity contribution in [2.24, 2.45) is 0 Å². The van der Waals surface area contributed by atoms with Crippen molar-refractivity contribution in [1.82, 2.24) is 0 Å². The zero-order valence-corrected chi connectivity index (χ0v) is 7.19. The van der Waals surface area contributed by atoms with Crippen LogP contribution in [0.4, 0.5) is 0 Å². The Bertz CT molecular complexity index is 129. The first-order chi connectivity index (χ1) is 5.20. The lowest BCUT2D eigenvalue weighted by Crippen LogP contribution is -2.03. The second-order valence-electron chi connectivity index (χ2n) is 2.10. The summed E-state index contributed by atoms with van der Waals surface area (Å²) in [4.78, 5) is 21.1. The van der Waals surface area contributed by atoms with Crippen LogP contribution >= 0.6 is 11.6 Å². The highest BCUT2D eigenvalue weighted by molar-refractivity contribution is 6.27. The van der Waals surface area contributed by atoms with Crippen molar-refractivity contribution in [3.8, 4) is 0 Å². The van der Waals surface area contributed by atoms with Gasteiger partial charge in [-0.15, -0.1) is 11.6 Å². The van der Waals surface area contributed by atoms with Gasteiger partial charge in [0.05, 0.1) is 13.0 Å². The molecule has 0 atom stereocenters. The average molecular weight is 179 g/mol. The van der Waals surface area contributed by atoms with E-state index in [4.69, 9.17) is 11.6 Å². The molecule has 4 heteroatoms. The number of esters is 1. The number of methoxy groups -OCH3 is 1. The van der Waals surface area contributed by atoms with E-state index in [0.717, 1.165) is 0 Å². The highest BCUT2D eigenvalue weighted by atomic mass is 35.5. The van der Waals surface area contributed by atoms with E-state index in [1.54, 1.807) is 0 Å². The highest BCUT2D eigenvalue weighted by Crippen LogP contribution is 1.98. The third kappa shape index (κ3) is 5.85. The van der Waals surface area contributed by atoms with E-state index in [-0.39, 0.29) is 17.6 Å². The van der Waals surface area contributed by atoms with Crippen molar-refractivity contribution in [2.45, 2.75) is 19.3 Å². The lowest BCUT2D eigenvalue weighted by Gasteiger charge is -1.96. The van der Waals surface area contributed by atoms with Crippen molar-refractivity contribution in [3.05, 3.63) is 0 Å². The predicted molar refractivity (Wildman–Crippen MR) is 41.6 cm³/mol. The molecule has 0 aromatic carbocycles. The first-order valence-corrected chi connectivity index (χ1v) is 3.88. The summed E-state index contributed by atoms with van der Waals surface area (Å²) in [5, 5.41) is 0. The molecule has 64 valence electrons. The summed E-state index contributed by atoms with van der Waals surface area (Å²) in [7, 11) is 1.33. The van der Waals surface area contributed by atoms with Crippen LogP contribution in [0.2, 0.25) is 0 Å². The molecule has 0 rings (SSSR count). The van der Waals surface area contributed by atoms with Crippen molar-refractivity contribution in [1.29, 1.82) is 0 Å². The van der Waals surface area contributed by atoms with E-state index >= 15 is 0 Å².